The molecular formula is C25H31N3O5. The summed E-state index contributed by atoms with van der Waals surface area (Å²) >= 11 is 0. The molecule has 1 aliphatic carbocycles. The number of nitrogens with zero attached hydrogens (tertiary/aromatic N) is 2. The molecule has 2 aliphatic rings. The van der Waals surface area contributed by atoms with Gasteiger partial charge in [-0.15, -0.1) is 0 Å². The predicted octanol–water partition coefficient (Wildman–Crippen LogP) is 3.49. The lowest BCUT2D eigenvalue weighted by Crippen LogP contribution is -2.51. The van der Waals surface area contributed by atoms with E-state index < -0.39 is 0 Å². The van der Waals surface area contributed by atoms with Crippen molar-refractivity contribution < 1.29 is 23.8 Å². The van der Waals surface area contributed by atoms with Crippen LogP contribution in [0.4, 0.5) is 10.5 Å². The molecule has 1 N–H and O–H groups in total. The van der Waals surface area contributed by atoms with Crippen LogP contribution in [0, 0.1) is 5.92 Å². The van der Waals surface area contributed by atoms with Gasteiger partial charge in [0.2, 0.25) is 0 Å². The molecule has 33 heavy (non-hydrogen) atoms. The monoisotopic (exact) mass is 453 g/mol. The van der Waals surface area contributed by atoms with Crippen molar-refractivity contribution in [3.63, 3.8) is 0 Å². The fourth-order valence-corrected chi connectivity index (χ4v) is 3.99. The summed E-state index contributed by atoms with van der Waals surface area (Å²) in [6, 6.07) is 14.4. The summed E-state index contributed by atoms with van der Waals surface area (Å²) in [4.78, 5) is 29.7. The highest BCUT2D eigenvalue weighted by Gasteiger charge is 2.32. The second-order valence-corrected chi connectivity index (χ2v) is 8.46. The maximum absolute atomic E-state index is 13.4. The summed E-state index contributed by atoms with van der Waals surface area (Å²) in [5, 5.41) is 2.92. The normalized spacial score (nSPS) is 17.9. The lowest BCUT2D eigenvalue weighted by atomic mass is 10.1. The van der Waals surface area contributed by atoms with E-state index in [4.69, 9.17) is 14.2 Å². The Labute approximate surface area is 194 Å². The van der Waals surface area contributed by atoms with E-state index in [-0.39, 0.29) is 18.0 Å². The van der Waals surface area contributed by atoms with Gasteiger partial charge in [0.05, 0.1) is 33.5 Å². The van der Waals surface area contributed by atoms with Crippen molar-refractivity contribution >= 4 is 17.6 Å². The molecule has 0 aromatic heterocycles. The molecule has 2 fully saturated rings. The molecule has 0 radical (unpaired) electrons. The minimum atomic E-state index is -0.247. The maximum Gasteiger partial charge on any atom is 0.322 e. The van der Waals surface area contributed by atoms with Crippen molar-refractivity contribution in [2.45, 2.75) is 18.9 Å². The van der Waals surface area contributed by atoms with Gasteiger partial charge in [-0.2, -0.15) is 0 Å². The van der Waals surface area contributed by atoms with Crippen LogP contribution in [0.2, 0.25) is 0 Å². The van der Waals surface area contributed by atoms with Crippen LogP contribution in [0.5, 0.6) is 11.5 Å². The first-order valence-corrected chi connectivity index (χ1v) is 11.3. The van der Waals surface area contributed by atoms with Crippen LogP contribution in [0.15, 0.2) is 48.5 Å². The van der Waals surface area contributed by atoms with Crippen LogP contribution in [0.1, 0.15) is 23.2 Å². The first-order valence-electron chi connectivity index (χ1n) is 11.3. The van der Waals surface area contributed by atoms with Crippen LogP contribution in [-0.2, 0) is 4.74 Å². The van der Waals surface area contributed by atoms with Gasteiger partial charge >= 0.3 is 6.03 Å². The van der Waals surface area contributed by atoms with Crippen LogP contribution in [0.25, 0.3) is 0 Å². The van der Waals surface area contributed by atoms with E-state index in [0.29, 0.717) is 55.8 Å². The number of urea groups is 1. The molecule has 176 valence electrons. The standard InChI is InChI=1S/C25H31N3O5/c1-31-22-11-10-19(14-23(22)32-2)24(29)28(15-18-8-9-18)17-21-16-27(12-13-33-21)25(30)26-20-6-4-3-5-7-20/h3-7,10-11,14,18,21H,8-9,12-13,15-17H2,1-2H3,(H,26,30). The number of nitrogens with one attached hydrogen (secondary N) is 1. The summed E-state index contributed by atoms with van der Waals surface area (Å²) in [5.74, 6) is 1.55. The first kappa shape index (κ1) is 22.9. The van der Waals surface area contributed by atoms with Gasteiger partial charge < -0.3 is 29.3 Å². The number of carbonyl (C=O) groups excluding carboxylic acids is 2. The molecule has 1 saturated carbocycles. The van der Waals surface area contributed by atoms with Gasteiger partial charge in [-0.25, -0.2) is 4.79 Å². The van der Waals surface area contributed by atoms with Gasteiger partial charge in [0.15, 0.2) is 11.5 Å². The molecule has 1 unspecified atom stereocenters. The molecular weight excluding hydrogens is 422 g/mol. The molecule has 2 aromatic rings. The van der Waals surface area contributed by atoms with E-state index in [1.54, 1.807) is 37.3 Å². The number of amides is 3. The molecule has 1 aliphatic heterocycles. The third-order valence-corrected chi connectivity index (χ3v) is 5.97. The van der Waals surface area contributed by atoms with E-state index in [0.717, 1.165) is 18.5 Å². The Morgan fingerprint density at radius 1 is 1.06 bits per heavy atom. The lowest BCUT2D eigenvalue weighted by Gasteiger charge is -2.36. The second-order valence-electron chi connectivity index (χ2n) is 8.46. The average molecular weight is 454 g/mol. The molecule has 0 bridgehead atoms. The Morgan fingerprint density at radius 2 is 1.82 bits per heavy atom. The highest BCUT2D eigenvalue weighted by Crippen LogP contribution is 2.32. The smallest absolute Gasteiger partial charge is 0.322 e. The number of rotatable bonds is 8. The Balaban J connectivity index is 1.42. The summed E-state index contributed by atoms with van der Waals surface area (Å²) in [7, 11) is 3.12. The van der Waals surface area contributed by atoms with Crippen molar-refractivity contribution in [2.75, 3.05) is 52.3 Å². The summed E-state index contributed by atoms with van der Waals surface area (Å²) < 4.78 is 16.6. The second kappa shape index (κ2) is 10.6. The highest BCUT2D eigenvalue weighted by molar-refractivity contribution is 5.95. The Hall–Kier alpha value is -3.26. The third kappa shape index (κ3) is 5.96. The number of benzene rings is 2. The van der Waals surface area contributed by atoms with E-state index in [1.165, 1.54) is 0 Å². The number of anilines is 1. The van der Waals surface area contributed by atoms with Gasteiger partial charge in [0.25, 0.3) is 5.91 Å². The molecule has 1 saturated heterocycles. The summed E-state index contributed by atoms with van der Waals surface area (Å²) in [6.45, 7) is 2.50. The molecule has 3 amide bonds. The Bertz CT molecular complexity index is 964. The number of hydrogen-bond donors (Lipinski definition) is 1. The van der Waals surface area contributed by atoms with Crippen LogP contribution < -0.4 is 14.8 Å². The summed E-state index contributed by atoms with van der Waals surface area (Å²) in [5.41, 5.74) is 1.30. The van der Waals surface area contributed by atoms with Gasteiger partial charge in [0.1, 0.15) is 0 Å². The minimum Gasteiger partial charge on any atom is -0.493 e. The van der Waals surface area contributed by atoms with Crippen molar-refractivity contribution in [3.05, 3.63) is 54.1 Å². The number of ether oxygens (including phenoxy) is 3. The van der Waals surface area contributed by atoms with Crippen LogP contribution >= 0.6 is 0 Å². The van der Waals surface area contributed by atoms with E-state index >= 15 is 0 Å². The zero-order valence-corrected chi connectivity index (χ0v) is 19.2. The molecule has 1 atom stereocenters. The molecule has 0 spiro atoms. The fourth-order valence-electron chi connectivity index (χ4n) is 3.99. The molecule has 8 nitrogen and oxygen atoms in total. The molecule has 2 aromatic carbocycles. The number of methoxy groups -OCH3 is 2. The van der Waals surface area contributed by atoms with Crippen molar-refractivity contribution in [1.29, 1.82) is 0 Å². The quantitative estimate of drug-likeness (QED) is 0.662. The maximum atomic E-state index is 13.4. The van der Waals surface area contributed by atoms with E-state index in [9.17, 15) is 9.59 Å². The van der Waals surface area contributed by atoms with E-state index in [1.807, 2.05) is 35.2 Å². The van der Waals surface area contributed by atoms with Crippen LogP contribution in [-0.4, -0.2) is 74.8 Å². The van der Waals surface area contributed by atoms with Crippen molar-refractivity contribution in [3.8, 4) is 11.5 Å². The third-order valence-electron chi connectivity index (χ3n) is 5.97. The Morgan fingerprint density at radius 3 is 2.52 bits per heavy atom. The van der Waals surface area contributed by atoms with Gasteiger partial charge in [-0.3, -0.25) is 4.79 Å². The largest absolute Gasteiger partial charge is 0.493 e. The topological polar surface area (TPSA) is 80.3 Å². The number of carbonyl (C=O) groups is 2. The van der Waals surface area contributed by atoms with Gasteiger partial charge in [-0.05, 0) is 49.1 Å². The number of para-hydroxylation sites is 1. The minimum absolute atomic E-state index is 0.0719. The predicted molar refractivity (Wildman–Crippen MR) is 125 cm³/mol. The number of hydrogen-bond acceptors (Lipinski definition) is 5. The van der Waals surface area contributed by atoms with Crippen molar-refractivity contribution in [1.82, 2.24) is 9.80 Å². The molecule has 4 rings (SSSR count). The molecule has 1 heterocycles. The SMILES string of the molecule is COc1ccc(C(=O)N(CC2CC2)CC2CN(C(=O)Nc3ccccc3)CCO2)cc1OC. The highest BCUT2D eigenvalue weighted by atomic mass is 16.5. The fraction of sp³-hybridized carbons (Fsp3) is 0.440. The van der Waals surface area contributed by atoms with E-state index in [2.05, 4.69) is 5.32 Å². The molecule has 8 heteroatoms. The van der Waals surface area contributed by atoms with Gasteiger partial charge in [-0.1, -0.05) is 18.2 Å². The lowest BCUT2D eigenvalue weighted by molar-refractivity contribution is -0.0266. The number of morpholine rings is 1. The summed E-state index contributed by atoms with van der Waals surface area (Å²) in [6.07, 6.45) is 2.02. The van der Waals surface area contributed by atoms with Gasteiger partial charge in [0, 0.05) is 30.9 Å². The Kier molecular flexibility index (Phi) is 7.34. The van der Waals surface area contributed by atoms with Crippen LogP contribution in [0.3, 0.4) is 0 Å². The zero-order valence-electron chi connectivity index (χ0n) is 19.2. The zero-order chi connectivity index (χ0) is 23.2. The first-order chi connectivity index (χ1) is 16.1. The average Bonchev–Trinajstić information content (AvgIpc) is 3.67. The van der Waals surface area contributed by atoms with Crippen molar-refractivity contribution in [2.24, 2.45) is 5.92 Å².